The fourth-order valence-electron chi connectivity index (χ4n) is 12.3. The van der Waals surface area contributed by atoms with Crippen molar-refractivity contribution in [3.8, 4) is 11.5 Å². The highest BCUT2D eigenvalue weighted by Crippen LogP contribution is 2.50. The highest BCUT2D eigenvalue weighted by molar-refractivity contribution is 7.99. The molecule has 92 heavy (non-hydrogen) atoms. The van der Waals surface area contributed by atoms with E-state index >= 15 is 0 Å². The number of fused-ring (bicyclic) bond motifs is 9. The van der Waals surface area contributed by atoms with Crippen LogP contribution in [-0.4, -0.2) is 28.7 Å². The van der Waals surface area contributed by atoms with Crippen LogP contribution in [0.25, 0.3) is 21.8 Å². The van der Waals surface area contributed by atoms with Crippen LogP contribution < -0.4 is 29.7 Å². The quantitative estimate of drug-likeness (QED) is 0.163. The Balaban J connectivity index is 0.000000122. The standard InChI is InChI=1S/C15H16N2.C15H15NO.C15H15NS.C15H15N.C15H17N.C9H12/c1-11(2)17-14-9-5-3-7-12(14)16-13-8-4-6-10-15(13)17;2*1-11(2)16-12-7-3-5-9-14(12)17-15-10-6-4-8-13(15)16;1-11(2)16-14-9-5-3-7-12(14)13-8-4-6-10-15(13)16;1-13(2)16(14-9-5-3-6-10-14)15-11-7-4-8-12-15;1-8(2)9-6-4-3-5-7-9/h3-11,16H,1-2H3;2*3-11H,1-2H3;3-11H,1-2H3;3-13H,1-2H3;3-8H,1-2H3. The zero-order valence-electron chi connectivity index (χ0n) is 55.7. The number of nitrogens with one attached hydrogen (secondary N) is 1. The molecule has 3 aliphatic heterocycles. The second-order valence-electron chi connectivity index (χ2n) is 24.8. The van der Waals surface area contributed by atoms with Gasteiger partial charge >= 0.3 is 0 Å². The van der Waals surface area contributed by atoms with E-state index in [-0.39, 0.29) is 0 Å². The lowest BCUT2D eigenvalue weighted by Gasteiger charge is -2.36. The number of hydrogen-bond acceptors (Lipinski definition) is 7. The first kappa shape index (κ1) is 65.3. The Labute approximate surface area is 552 Å². The molecule has 468 valence electrons. The Hall–Kier alpha value is -9.63. The first-order valence-corrected chi connectivity index (χ1v) is 33.5. The van der Waals surface area contributed by atoms with Crippen molar-refractivity contribution in [3.63, 3.8) is 0 Å². The molecular formula is C84H90N6OS. The van der Waals surface area contributed by atoms with Gasteiger partial charge in [0.2, 0.25) is 0 Å². The summed E-state index contributed by atoms with van der Waals surface area (Å²) < 4.78 is 8.32. The Morgan fingerprint density at radius 3 is 1.03 bits per heavy atom. The summed E-state index contributed by atoms with van der Waals surface area (Å²) in [5.41, 5.74) is 16.4. The number of ether oxygens (including phenoxy) is 1. The minimum absolute atomic E-state index is 0.404. The molecule has 7 nitrogen and oxygen atoms in total. The lowest BCUT2D eigenvalue weighted by Crippen LogP contribution is -2.29. The fourth-order valence-corrected chi connectivity index (χ4v) is 13.3. The van der Waals surface area contributed by atoms with Crippen LogP contribution in [0.3, 0.4) is 0 Å². The third kappa shape index (κ3) is 15.2. The van der Waals surface area contributed by atoms with E-state index in [1.807, 2.05) is 66.4 Å². The van der Waals surface area contributed by atoms with Gasteiger partial charge in [-0.3, -0.25) is 0 Å². The monoisotopic (exact) mass is 1230 g/mol. The Morgan fingerprint density at radius 1 is 0.315 bits per heavy atom. The Bertz CT molecular complexity index is 3800. The van der Waals surface area contributed by atoms with Crippen molar-refractivity contribution in [2.24, 2.45) is 0 Å². The number of anilines is 10. The third-order valence-corrected chi connectivity index (χ3v) is 17.4. The number of rotatable bonds is 8. The second kappa shape index (κ2) is 30.9. The van der Waals surface area contributed by atoms with Gasteiger partial charge in [-0.2, -0.15) is 0 Å². The van der Waals surface area contributed by atoms with Gasteiger partial charge in [0.05, 0.1) is 45.5 Å². The summed E-state index contributed by atoms with van der Waals surface area (Å²) in [4.78, 5) is 12.1. The van der Waals surface area contributed by atoms with Crippen molar-refractivity contribution in [1.29, 1.82) is 0 Å². The maximum absolute atomic E-state index is 5.92. The van der Waals surface area contributed by atoms with Gasteiger partial charge in [-0.1, -0.05) is 202 Å². The zero-order valence-corrected chi connectivity index (χ0v) is 56.5. The minimum atomic E-state index is 0.404. The average Bonchev–Trinajstić information content (AvgIpc) is 1.08. The summed E-state index contributed by atoms with van der Waals surface area (Å²) in [7, 11) is 0. The van der Waals surface area contributed by atoms with E-state index in [1.165, 1.54) is 82.7 Å². The van der Waals surface area contributed by atoms with E-state index in [0.717, 1.165) is 22.9 Å². The van der Waals surface area contributed by atoms with Gasteiger partial charge in [0.1, 0.15) is 0 Å². The largest absolute Gasteiger partial charge is 0.453 e. The van der Waals surface area contributed by atoms with Crippen LogP contribution in [0.4, 0.5) is 56.9 Å². The lowest BCUT2D eigenvalue weighted by atomic mass is 10.0. The number of hydrogen-bond donors (Lipinski definition) is 1. The molecule has 11 aromatic carbocycles. The van der Waals surface area contributed by atoms with Gasteiger partial charge in [-0.15, -0.1) is 0 Å². The molecule has 0 amide bonds. The lowest BCUT2D eigenvalue weighted by molar-refractivity contribution is 0.469. The SMILES string of the molecule is CC(C)N(c1ccccc1)c1ccccc1.CC(C)N1c2ccccc2Nc2ccccc21.CC(C)N1c2ccccc2Oc2ccccc21.CC(C)N1c2ccccc2Sc2ccccc21.CC(C)c1ccccc1.CC(C)n1c2ccccc2c2ccccc21. The van der Waals surface area contributed by atoms with Crippen molar-refractivity contribution in [3.05, 3.63) is 291 Å². The molecule has 0 radical (unpaired) electrons. The maximum Gasteiger partial charge on any atom is 0.151 e. The molecular weight excluding hydrogens is 1140 g/mol. The van der Waals surface area contributed by atoms with Crippen LogP contribution in [0.15, 0.2) is 295 Å². The van der Waals surface area contributed by atoms with E-state index in [0.29, 0.717) is 36.1 Å². The van der Waals surface area contributed by atoms with E-state index in [4.69, 9.17) is 4.74 Å². The van der Waals surface area contributed by atoms with Gasteiger partial charge in [-0.05, 0) is 190 Å². The van der Waals surface area contributed by atoms with Crippen molar-refractivity contribution in [2.45, 2.75) is 129 Å². The number of nitrogens with zero attached hydrogens (tertiary/aromatic N) is 5. The molecule has 1 N–H and O–H groups in total. The third-order valence-electron chi connectivity index (χ3n) is 16.3. The molecule has 0 bridgehead atoms. The molecule has 0 saturated carbocycles. The Kier molecular flexibility index (Phi) is 22.0. The smallest absolute Gasteiger partial charge is 0.151 e. The van der Waals surface area contributed by atoms with Crippen LogP contribution in [0.1, 0.15) is 101 Å². The maximum atomic E-state index is 5.92. The summed E-state index contributed by atoms with van der Waals surface area (Å²) >= 11 is 1.86. The second-order valence-corrected chi connectivity index (χ2v) is 25.9. The fraction of sp³-hybridized carbons (Fsp3) is 0.214. The molecule has 0 saturated heterocycles. The molecule has 0 unspecified atom stereocenters. The minimum Gasteiger partial charge on any atom is -0.453 e. The molecule has 0 aliphatic carbocycles. The Morgan fingerprint density at radius 2 is 0.641 bits per heavy atom. The first-order chi connectivity index (χ1) is 44.7. The molecule has 0 fully saturated rings. The summed E-state index contributed by atoms with van der Waals surface area (Å²) in [6.45, 7) is 26.6. The van der Waals surface area contributed by atoms with E-state index < -0.39 is 0 Å². The summed E-state index contributed by atoms with van der Waals surface area (Å²) in [5.74, 6) is 2.52. The van der Waals surface area contributed by atoms with Gasteiger partial charge < -0.3 is 34.2 Å². The summed E-state index contributed by atoms with van der Waals surface area (Å²) in [6, 6.07) is 102. The van der Waals surface area contributed by atoms with Gasteiger partial charge in [0.15, 0.2) is 11.5 Å². The van der Waals surface area contributed by atoms with Crippen LogP contribution >= 0.6 is 11.8 Å². The normalized spacial score (nSPS) is 12.1. The van der Waals surface area contributed by atoms with Crippen LogP contribution in [0, 0.1) is 0 Å². The van der Waals surface area contributed by atoms with Gasteiger partial charge in [0, 0.05) is 73.2 Å². The first-order valence-electron chi connectivity index (χ1n) is 32.7. The highest BCUT2D eigenvalue weighted by Gasteiger charge is 2.27. The molecule has 8 heteroatoms. The molecule has 0 spiro atoms. The van der Waals surface area contributed by atoms with E-state index in [2.05, 4.69) is 343 Å². The van der Waals surface area contributed by atoms with E-state index in [1.54, 1.807) is 0 Å². The predicted octanol–water partition coefficient (Wildman–Crippen LogP) is 24.7. The zero-order chi connectivity index (χ0) is 64.7. The van der Waals surface area contributed by atoms with Crippen molar-refractivity contribution in [1.82, 2.24) is 4.57 Å². The molecule has 15 rings (SSSR count). The average molecular weight is 1230 g/mol. The van der Waals surface area contributed by atoms with Crippen molar-refractivity contribution < 1.29 is 4.74 Å². The predicted molar refractivity (Wildman–Crippen MR) is 398 cm³/mol. The molecule has 12 aromatic rings. The summed E-state index contributed by atoms with van der Waals surface area (Å²) in [6.07, 6.45) is 0. The van der Waals surface area contributed by atoms with Crippen molar-refractivity contribution >= 4 is 90.4 Å². The van der Waals surface area contributed by atoms with Gasteiger partial charge in [0.25, 0.3) is 0 Å². The summed E-state index contributed by atoms with van der Waals surface area (Å²) in [5, 5.41) is 6.19. The van der Waals surface area contributed by atoms with Crippen LogP contribution in [0.5, 0.6) is 11.5 Å². The van der Waals surface area contributed by atoms with Crippen molar-refractivity contribution in [2.75, 3.05) is 24.9 Å². The van der Waals surface area contributed by atoms with E-state index in [9.17, 15) is 0 Å². The highest BCUT2D eigenvalue weighted by atomic mass is 32.2. The number of aromatic nitrogens is 1. The van der Waals surface area contributed by atoms with Crippen LogP contribution in [0.2, 0.25) is 0 Å². The molecule has 4 heterocycles. The van der Waals surface area contributed by atoms with Crippen LogP contribution in [-0.2, 0) is 0 Å². The topological polar surface area (TPSA) is 39.1 Å². The van der Waals surface area contributed by atoms with Gasteiger partial charge in [-0.25, -0.2) is 0 Å². The molecule has 0 atom stereocenters. The molecule has 1 aromatic heterocycles. The number of benzene rings is 11. The number of para-hydroxylation sites is 14. The molecule has 3 aliphatic rings.